The van der Waals surface area contributed by atoms with Gasteiger partial charge in [-0.05, 0) is 37.8 Å². The van der Waals surface area contributed by atoms with E-state index in [0.29, 0.717) is 24.1 Å². The Morgan fingerprint density at radius 2 is 1.90 bits per heavy atom. The molecule has 0 radical (unpaired) electrons. The summed E-state index contributed by atoms with van der Waals surface area (Å²) >= 11 is 0. The van der Waals surface area contributed by atoms with Gasteiger partial charge in [-0.3, -0.25) is 9.80 Å². The molecule has 1 saturated carbocycles. The van der Waals surface area contributed by atoms with Crippen LogP contribution in [0.5, 0.6) is 5.88 Å². The quantitative estimate of drug-likeness (QED) is 0.668. The number of rotatable bonds is 8. The van der Waals surface area contributed by atoms with Crippen LogP contribution in [0.1, 0.15) is 38.0 Å². The van der Waals surface area contributed by atoms with E-state index in [1.165, 1.54) is 19.3 Å². The maximum absolute atomic E-state index is 6.19. The Morgan fingerprint density at radius 3 is 2.69 bits per heavy atom. The van der Waals surface area contributed by atoms with Crippen LogP contribution in [0.25, 0.3) is 11.4 Å². The summed E-state index contributed by atoms with van der Waals surface area (Å²) in [6.07, 6.45) is 7.90. The van der Waals surface area contributed by atoms with Crippen molar-refractivity contribution in [3.63, 3.8) is 0 Å². The van der Waals surface area contributed by atoms with Gasteiger partial charge in [0.2, 0.25) is 17.6 Å². The average molecular weight is 402 g/mol. The van der Waals surface area contributed by atoms with Gasteiger partial charge >= 0.3 is 0 Å². The fourth-order valence-electron chi connectivity index (χ4n) is 4.01. The Labute approximate surface area is 172 Å². The first kappa shape index (κ1) is 20.3. The zero-order valence-electron chi connectivity index (χ0n) is 17.3. The fourth-order valence-corrected chi connectivity index (χ4v) is 4.01. The number of ether oxygens (including phenoxy) is 2. The molecule has 29 heavy (non-hydrogen) atoms. The van der Waals surface area contributed by atoms with E-state index in [2.05, 4.69) is 24.9 Å². The lowest BCUT2D eigenvalue weighted by Gasteiger charge is -2.33. The lowest BCUT2D eigenvalue weighted by atomic mass is 9.98. The van der Waals surface area contributed by atoms with Crippen LogP contribution >= 0.6 is 0 Å². The standard InChI is InChI=1S/C21H31N5O3/c1-27-15-14-25-10-12-26(13-11-25)16-19-23-20(24-29-19)18-8-5-9-22-21(18)28-17-6-3-2-4-7-17/h5,8-9,17H,2-4,6-7,10-16H2,1H3. The lowest BCUT2D eigenvalue weighted by Crippen LogP contribution is -2.46. The summed E-state index contributed by atoms with van der Waals surface area (Å²) in [5.74, 6) is 1.80. The molecule has 2 fully saturated rings. The Bertz CT molecular complexity index is 754. The summed E-state index contributed by atoms with van der Waals surface area (Å²) in [7, 11) is 1.75. The number of hydrogen-bond acceptors (Lipinski definition) is 8. The minimum Gasteiger partial charge on any atom is -0.474 e. The van der Waals surface area contributed by atoms with Crippen LogP contribution in [0.15, 0.2) is 22.9 Å². The highest BCUT2D eigenvalue weighted by atomic mass is 16.5. The highest BCUT2D eigenvalue weighted by molar-refractivity contribution is 5.60. The van der Waals surface area contributed by atoms with Crippen molar-refractivity contribution in [1.82, 2.24) is 24.9 Å². The molecular formula is C21H31N5O3. The second kappa shape index (κ2) is 10.1. The van der Waals surface area contributed by atoms with Gasteiger partial charge in [-0.1, -0.05) is 11.6 Å². The molecule has 8 heteroatoms. The molecule has 0 unspecified atom stereocenters. The molecule has 0 N–H and O–H groups in total. The Kier molecular flexibility index (Phi) is 7.08. The molecule has 2 aromatic heterocycles. The monoisotopic (exact) mass is 401 g/mol. The highest BCUT2D eigenvalue weighted by Gasteiger charge is 2.22. The molecule has 0 atom stereocenters. The zero-order chi connectivity index (χ0) is 19.9. The van der Waals surface area contributed by atoms with Gasteiger partial charge in [0.1, 0.15) is 6.10 Å². The van der Waals surface area contributed by atoms with E-state index >= 15 is 0 Å². The van der Waals surface area contributed by atoms with E-state index < -0.39 is 0 Å². The number of hydrogen-bond donors (Lipinski definition) is 0. The number of methoxy groups -OCH3 is 1. The number of piperazine rings is 1. The molecule has 158 valence electrons. The summed E-state index contributed by atoms with van der Waals surface area (Å²) in [6.45, 7) is 6.49. The predicted octanol–water partition coefficient (Wildman–Crippen LogP) is 2.61. The molecule has 1 aliphatic heterocycles. The molecule has 3 heterocycles. The first-order chi connectivity index (χ1) is 14.3. The van der Waals surface area contributed by atoms with E-state index in [9.17, 15) is 0 Å². The van der Waals surface area contributed by atoms with Gasteiger partial charge in [0, 0.05) is 46.0 Å². The SMILES string of the molecule is COCCN1CCN(Cc2nc(-c3cccnc3OC3CCCCC3)no2)CC1. The van der Waals surface area contributed by atoms with Crippen LogP contribution in [0.2, 0.25) is 0 Å². The van der Waals surface area contributed by atoms with Gasteiger partial charge < -0.3 is 14.0 Å². The largest absolute Gasteiger partial charge is 0.474 e. The van der Waals surface area contributed by atoms with Crippen LogP contribution in [0.3, 0.4) is 0 Å². The fraction of sp³-hybridized carbons (Fsp3) is 0.667. The second-order valence-electron chi connectivity index (χ2n) is 7.86. The lowest BCUT2D eigenvalue weighted by molar-refractivity contribution is 0.0883. The van der Waals surface area contributed by atoms with E-state index in [4.69, 9.17) is 14.0 Å². The van der Waals surface area contributed by atoms with Gasteiger partial charge in [0.25, 0.3) is 0 Å². The summed E-state index contributed by atoms with van der Waals surface area (Å²) in [5, 5.41) is 4.20. The summed E-state index contributed by atoms with van der Waals surface area (Å²) in [4.78, 5) is 13.8. The predicted molar refractivity (Wildman–Crippen MR) is 109 cm³/mol. The van der Waals surface area contributed by atoms with Crippen molar-refractivity contribution in [3.8, 4) is 17.3 Å². The van der Waals surface area contributed by atoms with Gasteiger partial charge in [-0.2, -0.15) is 4.98 Å². The Balaban J connectivity index is 1.36. The molecule has 0 amide bonds. The van der Waals surface area contributed by atoms with Crippen molar-refractivity contribution in [3.05, 3.63) is 24.2 Å². The molecule has 2 aliphatic rings. The van der Waals surface area contributed by atoms with E-state index in [-0.39, 0.29) is 6.10 Å². The van der Waals surface area contributed by atoms with Crippen molar-refractivity contribution in [2.75, 3.05) is 46.4 Å². The van der Waals surface area contributed by atoms with Gasteiger partial charge in [-0.15, -0.1) is 0 Å². The van der Waals surface area contributed by atoms with Crippen molar-refractivity contribution >= 4 is 0 Å². The van der Waals surface area contributed by atoms with Crippen molar-refractivity contribution in [2.45, 2.75) is 44.8 Å². The minimum atomic E-state index is 0.234. The third-order valence-electron chi connectivity index (χ3n) is 5.75. The second-order valence-corrected chi connectivity index (χ2v) is 7.86. The third kappa shape index (κ3) is 5.52. The van der Waals surface area contributed by atoms with Gasteiger partial charge in [0.15, 0.2) is 0 Å². The molecule has 0 aromatic carbocycles. The van der Waals surface area contributed by atoms with Crippen molar-refractivity contribution in [2.24, 2.45) is 0 Å². The first-order valence-corrected chi connectivity index (χ1v) is 10.7. The molecule has 0 spiro atoms. The van der Waals surface area contributed by atoms with Crippen LogP contribution in [0.4, 0.5) is 0 Å². The highest BCUT2D eigenvalue weighted by Crippen LogP contribution is 2.29. The smallest absolute Gasteiger partial charge is 0.241 e. The molecule has 1 saturated heterocycles. The molecule has 8 nitrogen and oxygen atoms in total. The summed E-state index contributed by atoms with van der Waals surface area (Å²) in [5.41, 5.74) is 0.803. The Morgan fingerprint density at radius 1 is 1.10 bits per heavy atom. The maximum atomic E-state index is 6.19. The number of nitrogens with zero attached hydrogens (tertiary/aromatic N) is 5. The maximum Gasteiger partial charge on any atom is 0.241 e. The van der Waals surface area contributed by atoms with Crippen LogP contribution in [-0.2, 0) is 11.3 Å². The summed E-state index contributed by atoms with van der Waals surface area (Å²) in [6, 6.07) is 3.84. The van der Waals surface area contributed by atoms with Gasteiger partial charge in [-0.25, -0.2) is 4.98 Å². The summed E-state index contributed by atoms with van der Waals surface area (Å²) < 4.78 is 16.9. The minimum absolute atomic E-state index is 0.234. The third-order valence-corrected chi connectivity index (χ3v) is 5.75. The normalized spacial score (nSPS) is 19.5. The molecule has 2 aromatic rings. The van der Waals surface area contributed by atoms with E-state index in [1.807, 2.05) is 12.1 Å². The van der Waals surface area contributed by atoms with E-state index in [0.717, 1.165) is 57.7 Å². The van der Waals surface area contributed by atoms with Gasteiger partial charge in [0.05, 0.1) is 18.7 Å². The van der Waals surface area contributed by atoms with Crippen LogP contribution in [0, 0.1) is 0 Å². The Hall–Kier alpha value is -2.03. The van der Waals surface area contributed by atoms with Crippen molar-refractivity contribution < 1.29 is 14.0 Å². The molecule has 1 aliphatic carbocycles. The topological polar surface area (TPSA) is 76.8 Å². The number of aromatic nitrogens is 3. The van der Waals surface area contributed by atoms with E-state index in [1.54, 1.807) is 13.3 Å². The first-order valence-electron chi connectivity index (χ1n) is 10.7. The number of pyridine rings is 1. The van der Waals surface area contributed by atoms with Crippen LogP contribution < -0.4 is 4.74 Å². The molecule has 0 bridgehead atoms. The molecule has 4 rings (SSSR count). The zero-order valence-corrected chi connectivity index (χ0v) is 17.3. The van der Waals surface area contributed by atoms with Crippen LogP contribution in [-0.4, -0.2) is 77.5 Å². The molecular weight excluding hydrogens is 370 g/mol. The van der Waals surface area contributed by atoms with Crippen molar-refractivity contribution in [1.29, 1.82) is 0 Å². The average Bonchev–Trinajstić information content (AvgIpc) is 3.23.